The normalized spacial score (nSPS) is 16.5. The van der Waals surface area contributed by atoms with Crippen molar-refractivity contribution in [1.29, 1.82) is 5.26 Å². The van der Waals surface area contributed by atoms with Crippen LogP contribution in [0.25, 0.3) is 0 Å². The number of pyridine rings is 1. The first-order valence-corrected chi connectivity index (χ1v) is 8.06. The fraction of sp³-hybridized carbons (Fsp3) is 0.316. The van der Waals surface area contributed by atoms with Crippen molar-refractivity contribution >= 4 is 5.91 Å². The Kier molecular flexibility index (Phi) is 5.19. The van der Waals surface area contributed by atoms with Crippen LogP contribution in [0.1, 0.15) is 34.3 Å². The van der Waals surface area contributed by atoms with E-state index in [1.165, 1.54) is 0 Å². The molecule has 24 heavy (non-hydrogen) atoms. The highest BCUT2D eigenvalue weighted by atomic mass is 16.5. The summed E-state index contributed by atoms with van der Waals surface area (Å²) in [4.78, 5) is 18.8. The van der Waals surface area contributed by atoms with Gasteiger partial charge in [-0.1, -0.05) is 12.1 Å². The molecular weight excluding hydrogens is 302 g/mol. The van der Waals surface area contributed by atoms with Gasteiger partial charge in [-0.05, 0) is 42.7 Å². The van der Waals surface area contributed by atoms with Gasteiger partial charge in [-0.3, -0.25) is 9.78 Å². The van der Waals surface area contributed by atoms with Crippen LogP contribution >= 0.6 is 0 Å². The van der Waals surface area contributed by atoms with E-state index in [0.717, 1.165) is 25.0 Å². The smallest absolute Gasteiger partial charge is 0.254 e. The van der Waals surface area contributed by atoms with E-state index in [1.54, 1.807) is 41.6 Å². The fourth-order valence-corrected chi connectivity index (χ4v) is 2.87. The van der Waals surface area contributed by atoms with Crippen LogP contribution in [0.3, 0.4) is 0 Å². The molecule has 1 unspecified atom stereocenters. The lowest BCUT2D eigenvalue weighted by atomic mass is 10.1. The summed E-state index contributed by atoms with van der Waals surface area (Å²) >= 11 is 0. The molecule has 0 N–H and O–H groups in total. The summed E-state index contributed by atoms with van der Waals surface area (Å²) in [6.45, 7) is 1.78. The molecule has 0 spiro atoms. The number of hydrogen-bond acceptors (Lipinski definition) is 4. The molecular formula is C19H19N3O2. The van der Waals surface area contributed by atoms with Gasteiger partial charge in [-0.2, -0.15) is 5.26 Å². The Labute approximate surface area is 141 Å². The predicted octanol–water partition coefficient (Wildman–Crippen LogP) is 2.77. The van der Waals surface area contributed by atoms with Gasteiger partial charge in [0.25, 0.3) is 5.91 Å². The van der Waals surface area contributed by atoms with Gasteiger partial charge in [-0.25, -0.2) is 0 Å². The van der Waals surface area contributed by atoms with Crippen LogP contribution in [-0.4, -0.2) is 35.0 Å². The first kappa shape index (κ1) is 16.2. The highest BCUT2D eigenvalue weighted by Gasteiger charge is 2.23. The van der Waals surface area contributed by atoms with Crippen molar-refractivity contribution in [3.63, 3.8) is 0 Å². The Morgan fingerprint density at radius 3 is 3.00 bits per heavy atom. The summed E-state index contributed by atoms with van der Waals surface area (Å²) in [6, 6.07) is 12.7. The van der Waals surface area contributed by atoms with Crippen LogP contribution < -0.4 is 0 Å². The number of nitrogens with zero attached hydrogens (tertiary/aromatic N) is 3. The van der Waals surface area contributed by atoms with Crippen LogP contribution in [0.15, 0.2) is 48.8 Å². The Balaban J connectivity index is 1.81. The molecule has 2 heterocycles. The standard InChI is InChI=1S/C19H19N3O2/c20-11-15-4-1-6-17(10-15)19(23)22(14-18-7-3-9-24-18)13-16-5-2-8-21-12-16/h1-2,4-6,8,10,12,18H,3,7,9,13-14H2. The molecule has 1 saturated heterocycles. The molecule has 1 fully saturated rings. The van der Waals surface area contributed by atoms with Crippen molar-refractivity contribution in [1.82, 2.24) is 9.88 Å². The number of rotatable bonds is 5. The maximum Gasteiger partial charge on any atom is 0.254 e. The summed E-state index contributed by atoms with van der Waals surface area (Å²) in [6.07, 6.45) is 5.55. The predicted molar refractivity (Wildman–Crippen MR) is 89.1 cm³/mol. The molecule has 2 aromatic rings. The molecule has 1 aromatic heterocycles. The summed E-state index contributed by atoms with van der Waals surface area (Å²) in [7, 11) is 0. The average Bonchev–Trinajstić information content (AvgIpc) is 3.14. The van der Waals surface area contributed by atoms with Gasteiger partial charge in [0, 0.05) is 37.7 Å². The maximum atomic E-state index is 12.9. The van der Waals surface area contributed by atoms with Gasteiger partial charge in [-0.15, -0.1) is 0 Å². The molecule has 3 rings (SSSR count). The lowest BCUT2D eigenvalue weighted by Crippen LogP contribution is -2.37. The van der Waals surface area contributed by atoms with Gasteiger partial charge in [0.2, 0.25) is 0 Å². The minimum atomic E-state index is -0.0912. The van der Waals surface area contributed by atoms with E-state index in [2.05, 4.69) is 11.1 Å². The third-order valence-electron chi connectivity index (χ3n) is 4.07. The van der Waals surface area contributed by atoms with E-state index >= 15 is 0 Å². The number of aromatic nitrogens is 1. The number of benzene rings is 1. The summed E-state index contributed by atoms with van der Waals surface area (Å²) in [5.41, 5.74) is 1.98. The van der Waals surface area contributed by atoms with Gasteiger partial charge >= 0.3 is 0 Å². The Morgan fingerprint density at radius 2 is 2.29 bits per heavy atom. The SMILES string of the molecule is N#Cc1cccc(C(=O)N(Cc2cccnc2)CC2CCCO2)c1. The number of ether oxygens (including phenoxy) is 1. The second-order valence-electron chi connectivity index (χ2n) is 5.87. The Hall–Kier alpha value is -2.71. The quantitative estimate of drug-likeness (QED) is 0.849. The van der Waals surface area contributed by atoms with Gasteiger partial charge < -0.3 is 9.64 Å². The molecule has 1 aromatic carbocycles. The molecule has 1 amide bonds. The Morgan fingerprint density at radius 1 is 1.38 bits per heavy atom. The topological polar surface area (TPSA) is 66.2 Å². The van der Waals surface area contributed by atoms with Gasteiger partial charge in [0.15, 0.2) is 0 Å². The zero-order chi connectivity index (χ0) is 16.8. The van der Waals surface area contributed by atoms with Crippen molar-refractivity contribution in [2.45, 2.75) is 25.5 Å². The molecule has 1 atom stereocenters. The number of carbonyl (C=O) groups is 1. The lowest BCUT2D eigenvalue weighted by Gasteiger charge is -2.25. The van der Waals surface area contributed by atoms with Crippen LogP contribution in [-0.2, 0) is 11.3 Å². The number of carbonyl (C=O) groups excluding carboxylic acids is 1. The molecule has 5 nitrogen and oxygen atoms in total. The minimum absolute atomic E-state index is 0.0739. The van der Waals surface area contributed by atoms with E-state index in [0.29, 0.717) is 24.2 Å². The van der Waals surface area contributed by atoms with Gasteiger partial charge in [0.05, 0.1) is 17.7 Å². The van der Waals surface area contributed by atoms with Crippen LogP contribution in [0, 0.1) is 11.3 Å². The monoisotopic (exact) mass is 321 g/mol. The number of nitriles is 1. The third-order valence-corrected chi connectivity index (χ3v) is 4.07. The maximum absolute atomic E-state index is 12.9. The summed E-state index contributed by atoms with van der Waals surface area (Å²) < 4.78 is 5.69. The van der Waals surface area contributed by atoms with Crippen LogP contribution in [0.5, 0.6) is 0 Å². The van der Waals surface area contributed by atoms with Crippen LogP contribution in [0.2, 0.25) is 0 Å². The molecule has 0 saturated carbocycles. The zero-order valence-electron chi connectivity index (χ0n) is 13.4. The molecule has 1 aliphatic rings. The minimum Gasteiger partial charge on any atom is -0.376 e. The number of hydrogen-bond donors (Lipinski definition) is 0. The zero-order valence-corrected chi connectivity index (χ0v) is 13.4. The molecule has 1 aliphatic heterocycles. The fourth-order valence-electron chi connectivity index (χ4n) is 2.87. The third kappa shape index (κ3) is 3.98. The summed E-state index contributed by atoms with van der Waals surface area (Å²) in [5.74, 6) is -0.0912. The van der Waals surface area contributed by atoms with Crippen molar-refractivity contribution in [2.75, 3.05) is 13.2 Å². The highest BCUT2D eigenvalue weighted by Crippen LogP contribution is 2.17. The van der Waals surface area contributed by atoms with Crippen molar-refractivity contribution in [3.8, 4) is 6.07 Å². The Bertz CT molecular complexity index is 734. The second kappa shape index (κ2) is 7.71. The molecule has 122 valence electrons. The molecule has 0 radical (unpaired) electrons. The first-order valence-electron chi connectivity index (χ1n) is 8.06. The van der Waals surface area contributed by atoms with Crippen molar-refractivity contribution in [3.05, 3.63) is 65.5 Å². The number of amides is 1. The molecule has 0 bridgehead atoms. The van der Waals surface area contributed by atoms with E-state index in [1.807, 2.05) is 12.1 Å². The molecule has 0 aliphatic carbocycles. The van der Waals surface area contributed by atoms with E-state index in [4.69, 9.17) is 10.00 Å². The van der Waals surface area contributed by atoms with E-state index in [9.17, 15) is 4.79 Å². The van der Waals surface area contributed by atoms with Crippen molar-refractivity contribution in [2.24, 2.45) is 0 Å². The highest BCUT2D eigenvalue weighted by molar-refractivity contribution is 5.94. The van der Waals surface area contributed by atoms with E-state index in [-0.39, 0.29) is 12.0 Å². The van der Waals surface area contributed by atoms with Gasteiger partial charge in [0.1, 0.15) is 0 Å². The largest absolute Gasteiger partial charge is 0.376 e. The van der Waals surface area contributed by atoms with Crippen molar-refractivity contribution < 1.29 is 9.53 Å². The van der Waals surface area contributed by atoms with E-state index < -0.39 is 0 Å². The molecule has 5 heteroatoms. The van der Waals surface area contributed by atoms with Crippen LogP contribution in [0.4, 0.5) is 0 Å². The first-order chi connectivity index (χ1) is 11.8. The average molecular weight is 321 g/mol. The lowest BCUT2D eigenvalue weighted by molar-refractivity contribution is 0.0507. The second-order valence-corrected chi connectivity index (χ2v) is 5.87. The summed E-state index contributed by atoms with van der Waals surface area (Å²) in [5, 5.41) is 9.04.